The minimum atomic E-state index is -0.175. The molecule has 1 aliphatic rings. The van der Waals surface area contributed by atoms with Crippen LogP contribution in [0.15, 0.2) is 36.5 Å². The molecule has 0 fully saturated rings. The number of para-hydroxylation sites is 1. The predicted octanol–water partition coefficient (Wildman–Crippen LogP) is 2.37. The Labute approximate surface area is 107 Å². The van der Waals surface area contributed by atoms with Gasteiger partial charge in [-0.3, -0.25) is 4.98 Å². The molecule has 3 rings (SSSR count). The number of hydrogen-bond acceptors (Lipinski definition) is 3. The number of fused-ring (bicyclic) bond motifs is 1. The average Bonchev–Trinajstić information content (AvgIpc) is 2.87. The predicted molar refractivity (Wildman–Crippen MR) is 70.6 cm³/mol. The summed E-state index contributed by atoms with van der Waals surface area (Å²) in [4.78, 5) is 4.30. The van der Waals surface area contributed by atoms with Crippen molar-refractivity contribution in [3.63, 3.8) is 0 Å². The van der Waals surface area contributed by atoms with Crippen molar-refractivity contribution in [2.45, 2.75) is 19.4 Å². The maximum absolute atomic E-state index is 6.32. The number of benzene rings is 1. The van der Waals surface area contributed by atoms with Crippen molar-refractivity contribution in [1.82, 2.24) is 4.98 Å². The molecule has 1 aliphatic heterocycles. The molecule has 2 heterocycles. The van der Waals surface area contributed by atoms with Crippen LogP contribution < -0.4 is 10.5 Å². The second kappa shape index (κ2) is 4.42. The minimum absolute atomic E-state index is 0.175. The van der Waals surface area contributed by atoms with E-state index in [1.54, 1.807) is 0 Å². The summed E-state index contributed by atoms with van der Waals surface area (Å²) in [7, 11) is 0. The zero-order valence-corrected chi connectivity index (χ0v) is 10.4. The highest BCUT2D eigenvalue weighted by Gasteiger charge is 2.20. The molecule has 2 aromatic rings. The van der Waals surface area contributed by atoms with Gasteiger partial charge >= 0.3 is 0 Å². The van der Waals surface area contributed by atoms with Gasteiger partial charge in [0.15, 0.2) is 0 Å². The van der Waals surface area contributed by atoms with Gasteiger partial charge in [0, 0.05) is 23.9 Å². The van der Waals surface area contributed by atoms with Gasteiger partial charge in [-0.1, -0.05) is 24.3 Å². The first-order chi connectivity index (χ1) is 8.75. The minimum Gasteiger partial charge on any atom is -0.493 e. The van der Waals surface area contributed by atoms with E-state index in [9.17, 15) is 0 Å². The van der Waals surface area contributed by atoms with E-state index >= 15 is 0 Å². The van der Waals surface area contributed by atoms with Gasteiger partial charge in [0.05, 0.1) is 12.6 Å². The Balaban J connectivity index is 2.00. The van der Waals surface area contributed by atoms with Crippen LogP contribution in [0, 0.1) is 6.92 Å². The van der Waals surface area contributed by atoms with E-state index in [4.69, 9.17) is 10.5 Å². The molecule has 3 nitrogen and oxygen atoms in total. The highest BCUT2D eigenvalue weighted by atomic mass is 16.5. The van der Waals surface area contributed by atoms with E-state index in [0.717, 1.165) is 35.6 Å². The fourth-order valence-electron chi connectivity index (χ4n) is 2.33. The van der Waals surface area contributed by atoms with Crippen molar-refractivity contribution in [1.29, 1.82) is 0 Å². The van der Waals surface area contributed by atoms with Gasteiger partial charge < -0.3 is 10.5 Å². The Kier molecular flexibility index (Phi) is 2.76. The second-order valence-electron chi connectivity index (χ2n) is 4.64. The van der Waals surface area contributed by atoms with Crippen molar-refractivity contribution in [3.05, 3.63) is 58.9 Å². The second-order valence-corrected chi connectivity index (χ2v) is 4.64. The number of hydrogen-bond donors (Lipinski definition) is 1. The van der Waals surface area contributed by atoms with Crippen molar-refractivity contribution < 1.29 is 4.74 Å². The van der Waals surface area contributed by atoms with Crippen LogP contribution in [0.4, 0.5) is 0 Å². The van der Waals surface area contributed by atoms with E-state index in [-0.39, 0.29) is 6.04 Å². The number of ether oxygens (including phenoxy) is 1. The molecule has 1 aromatic carbocycles. The van der Waals surface area contributed by atoms with Gasteiger partial charge in [-0.05, 0) is 24.1 Å². The average molecular weight is 240 g/mol. The standard InChI is InChI=1S/C15H16N2O/c1-10-5-6-12(9-17-10)14(16)13-4-2-3-11-7-8-18-15(11)13/h2-6,9,14H,7-8,16H2,1H3. The first-order valence-electron chi connectivity index (χ1n) is 6.18. The molecule has 0 aliphatic carbocycles. The first-order valence-corrected chi connectivity index (χ1v) is 6.18. The van der Waals surface area contributed by atoms with Crippen LogP contribution in [0.25, 0.3) is 0 Å². The fourth-order valence-corrected chi connectivity index (χ4v) is 2.33. The third-order valence-electron chi connectivity index (χ3n) is 3.37. The van der Waals surface area contributed by atoms with Crippen LogP contribution in [0.2, 0.25) is 0 Å². The van der Waals surface area contributed by atoms with Gasteiger partial charge in [0.2, 0.25) is 0 Å². The fraction of sp³-hybridized carbons (Fsp3) is 0.267. The monoisotopic (exact) mass is 240 g/mol. The third-order valence-corrected chi connectivity index (χ3v) is 3.37. The Morgan fingerprint density at radius 3 is 2.94 bits per heavy atom. The van der Waals surface area contributed by atoms with Crippen molar-refractivity contribution >= 4 is 0 Å². The maximum atomic E-state index is 6.32. The summed E-state index contributed by atoms with van der Waals surface area (Å²) in [6.45, 7) is 2.73. The molecular weight excluding hydrogens is 224 g/mol. The molecule has 0 saturated carbocycles. The molecule has 0 amide bonds. The van der Waals surface area contributed by atoms with Gasteiger partial charge in [0.1, 0.15) is 5.75 Å². The molecule has 3 heteroatoms. The topological polar surface area (TPSA) is 48.1 Å². The Morgan fingerprint density at radius 1 is 1.28 bits per heavy atom. The summed E-state index contributed by atoms with van der Waals surface area (Å²) in [5.74, 6) is 0.963. The Morgan fingerprint density at radius 2 is 2.17 bits per heavy atom. The summed E-state index contributed by atoms with van der Waals surface area (Å²) in [6.07, 6.45) is 2.82. The van der Waals surface area contributed by atoms with Crippen LogP contribution in [0.3, 0.4) is 0 Å². The molecule has 0 bridgehead atoms. The van der Waals surface area contributed by atoms with E-state index in [1.165, 1.54) is 5.56 Å². The molecule has 1 unspecified atom stereocenters. The largest absolute Gasteiger partial charge is 0.493 e. The van der Waals surface area contributed by atoms with Crippen LogP contribution in [0.1, 0.15) is 28.4 Å². The van der Waals surface area contributed by atoms with Crippen LogP contribution in [0.5, 0.6) is 5.75 Å². The SMILES string of the molecule is Cc1ccc(C(N)c2cccc3c2OCC3)cn1. The number of rotatable bonds is 2. The maximum Gasteiger partial charge on any atom is 0.127 e. The van der Waals surface area contributed by atoms with Crippen LogP contribution >= 0.6 is 0 Å². The lowest BCUT2D eigenvalue weighted by Gasteiger charge is -2.15. The summed E-state index contributed by atoms with van der Waals surface area (Å²) in [5, 5.41) is 0. The van der Waals surface area contributed by atoms with E-state index in [0.29, 0.717) is 0 Å². The van der Waals surface area contributed by atoms with Gasteiger partial charge in [0.25, 0.3) is 0 Å². The zero-order chi connectivity index (χ0) is 12.5. The van der Waals surface area contributed by atoms with Crippen molar-refractivity contribution in [2.75, 3.05) is 6.61 Å². The van der Waals surface area contributed by atoms with Crippen molar-refractivity contribution in [3.8, 4) is 5.75 Å². The smallest absolute Gasteiger partial charge is 0.127 e. The summed E-state index contributed by atoms with van der Waals surface area (Å²) < 4.78 is 5.70. The van der Waals surface area contributed by atoms with E-state index in [1.807, 2.05) is 37.4 Å². The highest BCUT2D eigenvalue weighted by molar-refractivity contribution is 5.48. The molecule has 1 atom stereocenters. The molecule has 1 aromatic heterocycles. The molecular formula is C15H16N2O. The van der Waals surface area contributed by atoms with Crippen LogP contribution in [-0.2, 0) is 6.42 Å². The lowest BCUT2D eigenvalue weighted by molar-refractivity contribution is 0.352. The lowest BCUT2D eigenvalue weighted by Crippen LogP contribution is -2.13. The first kappa shape index (κ1) is 11.2. The molecule has 0 saturated heterocycles. The zero-order valence-electron chi connectivity index (χ0n) is 10.4. The molecule has 0 radical (unpaired) electrons. The van der Waals surface area contributed by atoms with E-state index in [2.05, 4.69) is 11.1 Å². The number of aryl methyl sites for hydroxylation is 1. The summed E-state index contributed by atoms with van der Waals surface area (Å²) in [5.41, 5.74) is 10.6. The summed E-state index contributed by atoms with van der Waals surface area (Å²) >= 11 is 0. The summed E-state index contributed by atoms with van der Waals surface area (Å²) in [6, 6.07) is 10.0. The normalized spacial score (nSPS) is 15.0. The number of aromatic nitrogens is 1. The number of pyridine rings is 1. The Bertz CT molecular complexity index is 563. The van der Waals surface area contributed by atoms with E-state index < -0.39 is 0 Å². The number of nitrogens with zero attached hydrogens (tertiary/aromatic N) is 1. The van der Waals surface area contributed by atoms with Gasteiger partial charge in [-0.15, -0.1) is 0 Å². The molecule has 0 spiro atoms. The lowest BCUT2D eigenvalue weighted by atomic mass is 9.97. The molecule has 92 valence electrons. The highest BCUT2D eigenvalue weighted by Crippen LogP contribution is 2.34. The quantitative estimate of drug-likeness (QED) is 0.876. The number of nitrogens with two attached hydrogens (primary N) is 1. The van der Waals surface area contributed by atoms with Gasteiger partial charge in [-0.2, -0.15) is 0 Å². The molecule has 18 heavy (non-hydrogen) atoms. The van der Waals surface area contributed by atoms with Gasteiger partial charge in [-0.25, -0.2) is 0 Å². The Hall–Kier alpha value is -1.87. The van der Waals surface area contributed by atoms with Crippen molar-refractivity contribution in [2.24, 2.45) is 5.73 Å². The molecule has 2 N–H and O–H groups in total. The third kappa shape index (κ3) is 1.87. The van der Waals surface area contributed by atoms with Crippen LogP contribution in [-0.4, -0.2) is 11.6 Å².